The summed E-state index contributed by atoms with van der Waals surface area (Å²) in [5.41, 5.74) is 1.28. The molecule has 2 atom stereocenters. The number of hydrogen-bond acceptors (Lipinski definition) is 3. The molecule has 1 N–H and O–H groups in total. The molecule has 2 aromatic rings. The Labute approximate surface area is 121 Å². The number of ether oxygens (including phenoxy) is 1. The van der Waals surface area contributed by atoms with Gasteiger partial charge in [0.05, 0.1) is 12.1 Å². The van der Waals surface area contributed by atoms with Crippen molar-refractivity contribution in [3.8, 4) is 0 Å². The van der Waals surface area contributed by atoms with Crippen LogP contribution >= 0.6 is 0 Å². The van der Waals surface area contributed by atoms with Gasteiger partial charge in [-0.05, 0) is 29.5 Å². The predicted molar refractivity (Wildman–Crippen MR) is 83.8 cm³/mol. The van der Waals surface area contributed by atoms with Crippen molar-refractivity contribution in [3.63, 3.8) is 0 Å². The lowest BCUT2D eigenvalue weighted by Gasteiger charge is -2.36. The molecule has 0 aliphatic heterocycles. The van der Waals surface area contributed by atoms with Crippen LogP contribution in [0.5, 0.6) is 0 Å². The highest BCUT2D eigenvalue weighted by atomic mass is 16.5. The molecule has 1 heterocycles. The van der Waals surface area contributed by atoms with Gasteiger partial charge in [0.1, 0.15) is 0 Å². The van der Waals surface area contributed by atoms with E-state index in [1.54, 1.807) is 7.11 Å². The lowest BCUT2D eigenvalue weighted by Crippen LogP contribution is -2.40. The summed E-state index contributed by atoms with van der Waals surface area (Å²) < 4.78 is 5.79. The molecule has 1 aromatic carbocycles. The van der Waals surface area contributed by atoms with Gasteiger partial charge in [0.2, 0.25) is 0 Å². The molecule has 3 nitrogen and oxygen atoms in total. The SMILES string of the molecule is CNC(c1cccc2ccncc12)C(OC)C(C)(C)C. The molecule has 0 aliphatic rings. The first-order valence-electron chi connectivity index (χ1n) is 7.01. The fourth-order valence-electron chi connectivity index (χ4n) is 2.87. The predicted octanol–water partition coefficient (Wildman–Crippen LogP) is 3.56. The molecule has 1 aromatic heterocycles. The van der Waals surface area contributed by atoms with Gasteiger partial charge in [0.15, 0.2) is 0 Å². The molecule has 108 valence electrons. The molecular weight excluding hydrogens is 248 g/mol. The first kappa shape index (κ1) is 14.9. The van der Waals surface area contributed by atoms with Crippen molar-refractivity contribution in [3.05, 3.63) is 42.2 Å². The Hall–Kier alpha value is -1.45. The summed E-state index contributed by atoms with van der Waals surface area (Å²) in [6, 6.07) is 8.55. The van der Waals surface area contributed by atoms with Crippen LogP contribution in [0.25, 0.3) is 10.8 Å². The van der Waals surface area contributed by atoms with Gasteiger partial charge in [-0.1, -0.05) is 39.0 Å². The van der Waals surface area contributed by atoms with Crippen LogP contribution in [-0.4, -0.2) is 25.2 Å². The molecule has 0 spiro atoms. The first-order chi connectivity index (χ1) is 9.49. The molecule has 0 saturated heterocycles. The third kappa shape index (κ3) is 2.84. The average Bonchev–Trinajstić information content (AvgIpc) is 2.42. The normalized spacial score (nSPS) is 15.2. The zero-order valence-corrected chi connectivity index (χ0v) is 13.0. The van der Waals surface area contributed by atoms with Gasteiger partial charge >= 0.3 is 0 Å². The van der Waals surface area contributed by atoms with Crippen molar-refractivity contribution in [2.75, 3.05) is 14.2 Å². The van der Waals surface area contributed by atoms with Crippen molar-refractivity contribution in [1.82, 2.24) is 10.3 Å². The van der Waals surface area contributed by atoms with Gasteiger partial charge in [-0.2, -0.15) is 0 Å². The summed E-state index contributed by atoms with van der Waals surface area (Å²) in [5.74, 6) is 0. The fraction of sp³-hybridized carbons (Fsp3) is 0.471. The lowest BCUT2D eigenvalue weighted by atomic mass is 9.81. The van der Waals surface area contributed by atoms with E-state index in [1.165, 1.54) is 16.3 Å². The minimum absolute atomic E-state index is 0.0484. The van der Waals surface area contributed by atoms with Crippen LogP contribution in [0.15, 0.2) is 36.7 Å². The molecule has 0 saturated carbocycles. The van der Waals surface area contributed by atoms with E-state index in [2.05, 4.69) is 49.3 Å². The number of nitrogens with one attached hydrogen (secondary N) is 1. The van der Waals surface area contributed by atoms with E-state index < -0.39 is 0 Å². The van der Waals surface area contributed by atoms with Gasteiger partial charge in [-0.25, -0.2) is 0 Å². The van der Waals surface area contributed by atoms with Crippen molar-refractivity contribution >= 4 is 10.8 Å². The highest BCUT2D eigenvalue weighted by Gasteiger charge is 2.33. The number of nitrogens with zero attached hydrogens (tertiary/aromatic N) is 1. The van der Waals surface area contributed by atoms with Crippen molar-refractivity contribution in [1.29, 1.82) is 0 Å². The number of likely N-dealkylation sites (N-methyl/N-ethyl adjacent to an activating group) is 1. The molecule has 2 rings (SSSR count). The maximum atomic E-state index is 5.79. The minimum atomic E-state index is 0.0484. The van der Waals surface area contributed by atoms with Crippen LogP contribution in [0.2, 0.25) is 0 Å². The summed E-state index contributed by atoms with van der Waals surface area (Å²) in [6.45, 7) is 6.61. The Balaban J connectivity index is 2.54. The fourth-order valence-corrected chi connectivity index (χ4v) is 2.87. The van der Waals surface area contributed by atoms with E-state index >= 15 is 0 Å². The highest BCUT2D eigenvalue weighted by molar-refractivity contribution is 5.85. The van der Waals surface area contributed by atoms with Crippen LogP contribution < -0.4 is 5.32 Å². The molecule has 0 fully saturated rings. The van der Waals surface area contributed by atoms with Gasteiger partial charge < -0.3 is 10.1 Å². The number of benzene rings is 1. The smallest absolute Gasteiger partial charge is 0.0814 e. The maximum Gasteiger partial charge on any atom is 0.0814 e. The summed E-state index contributed by atoms with van der Waals surface area (Å²) in [6.07, 6.45) is 3.85. The topological polar surface area (TPSA) is 34.2 Å². The van der Waals surface area contributed by atoms with E-state index in [4.69, 9.17) is 4.74 Å². The minimum Gasteiger partial charge on any atom is -0.379 e. The van der Waals surface area contributed by atoms with Gasteiger partial charge in [-0.15, -0.1) is 0 Å². The summed E-state index contributed by atoms with van der Waals surface area (Å²) in [7, 11) is 3.77. The van der Waals surface area contributed by atoms with E-state index in [1.807, 2.05) is 25.5 Å². The number of rotatable bonds is 4. The molecule has 20 heavy (non-hydrogen) atoms. The second-order valence-electron chi connectivity index (χ2n) is 6.23. The van der Waals surface area contributed by atoms with Gasteiger partial charge in [0, 0.05) is 24.9 Å². The zero-order chi connectivity index (χ0) is 14.8. The van der Waals surface area contributed by atoms with E-state index in [9.17, 15) is 0 Å². The van der Waals surface area contributed by atoms with Crippen LogP contribution in [0.3, 0.4) is 0 Å². The van der Waals surface area contributed by atoms with Crippen molar-refractivity contribution < 1.29 is 4.74 Å². The van der Waals surface area contributed by atoms with Crippen LogP contribution in [-0.2, 0) is 4.74 Å². The van der Waals surface area contributed by atoms with Crippen LogP contribution in [0, 0.1) is 5.41 Å². The maximum absolute atomic E-state index is 5.79. The molecule has 0 amide bonds. The van der Waals surface area contributed by atoms with Crippen molar-refractivity contribution in [2.45, 2.75) is 32.9 Å². The molecular formula is C17H24N2O. The second kappa shape index (κ2) is 5.90. The molecule has 3 heteroatoms. The van der Waals surface area contributed by atoms with E-state index in [-0.39, 0.29) is 17.6 Å². The quantitative estimate of drug-likeness (QED) is 0.924. The monoisotopic (exact) mass is 272 g/mol. The number of methoxy groups -OCH3 is 1. The zero-order valence-electron chi connectivity index (χ0n) is 13.0. The standard InChI is InChI=1S/C17H24N2O/c1-17(2,3)16(20-5)15(18-4)13-8-6-7-12-9-10-19-11-14(12)13/h6-11,15-16,18H,1-5H3. The van der Waals surface area contributed by atoms with E-state index in [0.717, 1.165) is 0 Å². The van der Waals surface area contributed by atoms with Crippen molar-refractivity contribution in [2.24, 2.45) is 5.41 Å². The van der Waals surface area contributed by atoms with Gasteiger partial charge in [0.25, 0.3) is 0 Å². The highest BCUT2D eigenvalue weighted by Crippen LogP contribution is 2.34. The summed E-state index contributed by atoms with van der Waals surface area (Å²) >= 11 is 0. The number of fused-ring (bicyclic) bond motifs is 1. The average molecular weight is 272 g/mol. The first-order valence-corrected chi connectivity index (χ1v) is 7.01. The van der Waals surface area contributed by atoms with Crippen LogP contribution in [0.1, 0.15) is 32.4 Å². The number of hydrogen-bond donors (Lipinski definition) is 1. The van der Waals surface area contributed by atoms with Crippen LogP contribution in [0.4, 0.5) is 0 Å². The Kier molecular flexibility index (Phi) is 4.41. The lowest BCUT2D eigenvalue weighted by molar-refractivity contribution is -0.00980. The Bertz CT molecular complexity index is 569. The molecule has 2 unspecified atom stereocenters. The molecule has 0 radical (unpaired) electrons. The Morgan fingerprint density at radius 1 is 1.20 bits per heavy atom. The molecule has 0 bridgehead atoms. The van der Waals surface area contributed by atoms with E-state index in [0.29, 0.717) is 0 Å². The molecule has 0 aliphatic carbocycles. The summed E-state index contributed by atoms with van der Waals surface area (Å²) in [5, 5.41) is 5.81. The number of pyridine rings is 1. The Morgan fingerprint density at radius 3 is 2.55 bits per heavy atom. The largest absolute Gasteiger partial charge is 0.379 e. The third-order valence-corrected chi connectivity index (χ3v) is 3.77. The number of aromatic nitrogens is 1. The van der Waals surface area contributed by atoms with Gasteiger partial charge in [-0.3, -0.25) is 4.98 Å². The second-order valence-corrected chi connectivity index (χ2v) is 6.23. The Morgan fingerprint density at radius 2 is 1.95 bits per heavy atom. The summed E-state index contributed by atoms with van der Waals surface area (Å²) in [4.78, 5) is 4.27. The third-order valence-electron chi connectivity index (χ3n) is 3.77.